The maximum atomic E-state index is 9.72. The van der Waals surface area contributed by atoms with Gasteiger partial charge in [0.25, 0.3) is 0 Å². The molecule has 0 aliphatic carbocycles. The molecule has 17 heavy (non-hydrogen) atoms. The summed E-state index contributed by atoms with van der Waals surface area (Å²) >= 11 is 0. The highest BCUT2D eigenvalue weighted by atomic mass is 16.5. The molecule has 2 aromatic rings. The number of ether oxygens (including phenoxy) is 1. The van der Waals surface area contributed by atoms with E-state index in [0.29, 0.717) is 13.2 Å². The first kappa shape index (κ1) is 11.8. The molecule has 4 nitrogen and oxygen atoms in total. The van der Waals surface area contributed by atoms with Crippen molar-refractivity contribution in [1.29, 1.82) is 0 Å². The number of aromatic nitrogens is 2. The number of imidazole rings is 1. The van der Waals surface area contributed by atoms with E-state index in [-0.39, 0.29) is 0 Å². The van der Waals surface area contributed by atoms with Gasteiger partial charge in [-0.3, -0.25) is 0 Å². The van der Waals surface area contributed by atoms with Gasteiger partial charge in [-0.05, 0) is 0 Å². The minimum Gasteiger partial charge on any atom is -0.389 e. The lowest BCUT2D eigenvalue weighted by molar-refractivity contribution is 0.0539. The molecule has 1 aromatic heterocycles. The van der Waals surface area contributed by atoms with Crippen LogP contribution in [0.5, 0.6) is 0 Å². The summed E-state index contributed by atoms with van der Waals surface area (Å²) in [5.74, 6) is 0.862. The van der Waals surface area contributed by atoms with Crippen LogP contribution in [0, 0.1) is 0 Å². The Kier molecular flexibility index (Phi) is 3.90. The third-order valence-corrected chi connectivity index (χ3v) is 2.51. The molecule has 0 aliphatic heterocycles. The molecule has 1 heterocycles. The molecule has 0 spiro atoms. The minimum atomic E-state index is -0.517. The highest BCUT2D eigenvalue weighted by Crippen LogP contribution is 2.16. The SMILES string of the molecule is COCC(O)Cn1ccnc1-c1ccccc1. The molecule has 0 aliphatic rings. The van der Waals surface area contributed by atoms with Gasteiger partial charge in [-0.15, -0.1) is 0 Å². The molecule has 0 radical (unpaired) electrons. The van der Waals surface area contributed by atoms with Gasteiger partial charge in [-0.1, -0.05) is 30.3 Å². The second-order valence-corrected chi connectivity index (χ2v) is 3.88. The monoisotopic (exact) mass is 232 g/mol. The van der Waals surface area contributed by atoms with Crippen LogP contribution >= 0.6 is 0 Å². The zero-order valence-electron chi connectivity index (χ0n) is 9.78. The Balaban J connectivity index is 2.18. The minimum absolute atomic E-state index is 0.326. The first-order valence-corrected chi connectivity index (χ1v) is 5.55. The predicted octanol–water partition coefficient (Wildman–Crippen LogP) is 1.56. The van der Waals surface area contributed by atoms with E-state index in [1.165, 1.54) is 0 Å². The second kappa shape index (κ2) is 5.61. The van der Waals surface area contributed by atoms with Gasteiger partial charge in [0.2, 0.25) is 0 Å². The second-order valence-electron chi connectivity index (χ2n) is 3.88. The van der Waals surface area contributed by atoms with Crippen LogP contribution in [0.15, 0.2) is 42.7 Å². The molecular formula is C13H16N2O2. The largest absolute Gasteiger partial charge is 0.389 e. The molecule has 4 heteroatoms. The van der Waals surface area contributed by atoms with Gasteiger partial charge < -0.3 is 14.4 Å². The van der Waals surface area contributed by atoms with Gasteiger partial charge in [0, 0.05) is 25.1 Å². The van der Waals surface area contributed by atoms with Crippen molar-refractivity contribution in [1.82, 2.24) is 9.55 Å². The summed E-state index contributed by atoms with van der Waals surface area (Å²) in [4.78, 5) is 4.31. The maximum absolute atomic E-state index is 9.72. The number of hydrogen-bond donors (Lipinski definition) is 1. The summed E-state index contributed by atoms with van der Waals surface area (Å²) in [5, 5.41) is 9.72. The molecule has 0 fully saturated rings. The van der Waals surface area contributed by atoms with Gasteiger partial charge >= 0.3 is 0 Å². The zero-order chi connectivity index (χ0) is 12.1. The summed E-state index contributed by atoms with van der Waals surface area (Å²) in [6.45, 7) is 0.810. The zero-order valence-corrected chi connectivity index (χ0v) is 9.78. The molecule has 1 atom stereocenters. The van der Waals surface area contributed by atoms with Crippen LogP contribution in [-0.2, 0) is 11.3 Å². The first-order valence-electron chi connectivity index (χ1n) is 5.55. The summed E-state index contributed by atoms with van der Waals surface area (Å²) in [6.07, 6.45) is 3.08. The summed E-state index contributed by atoms with van der Waals surface area (Å²) in [6, 6.07) is 9.92. The van der Waals surface area contributed by atoms with Crippen molar-refractivity contribution in [2.45, 2.75) is 12.6 Å². The fourth-order valence-corrected chi connectivity index (χ4v) is 1.78. The molecule has 1 aromatic carbocycles. The smallest absolute Gasteiger partial charge is 0.139 e. The Labute approximate surface area is 100 Å². The lowest BCUT2D eigenvalue weighted by Gasteiger charge is -2.12. The van der Waals surface area contributed by atoms with E-state index in [9.17, 15) is 5.11 Å². The van der Waals surface area contributed by atoms with E-state index in [2.05, 4.69) is 4.98 Å². The van der Waals surface area contributed by atoms with Crippen LogP contribution in [0.4, 0.5) is 0 Å². The van der Waals surface area contributed by atoms with Crippen LogP contribution in [-0.4, -0.2) is 34.5 Å². The molecule has 0 amide bonds. The molecule has 1 unspecified atom stereocenters. The molecule has 1 N–H and O–H groups in total. The van der Waals surface area contributed by atoms with E-state index in [1.807, 2.05) is 41.1 Å². The number of hydrogen-bond acceptors (Lipinski definition) is 3. The van der Waals surface area contributed by atoms with Gasteiger partial charge in [0.1, 0.15) is 5.82 Å². The van der Waals surface area contributed by atoms with Crippen LogP contribution in [0.3, 0.4) is 0 Å². The number of aliphatic hydroxyl groups excluding tert-OH is 1. The fraction of sp³-hybridized carbons (Fsp3) is 0.308. The van der Waals surface area contributed by atoms with Crippen molar-refractivity contribution in [3.05, 3.63) is 42.7 Å². The number of rotatable bonds is 5. The molecule has 0 saturated heterocycles. The van der Waals surface area contributed by atoms with Crippen molar-refractivity contribution in [2.24, 2.45) is 0 Å². The van der Waals surface area contributed by atoms with Crippen LogP contribution in [0.1, 0.15) is 0 Å². The fourth-order valence-electron chi connectivity index (χ4n) is 1.78. The topological polar surface area (TPSA) is 47.3 Å². The van der Waals surface area contributed by atoms with Gasteiger partial charge in [0.05, 0.1) is 19.3 Å². The standard InChI is InChI=1S/C13H16N2O2/c1-17-10-12(16)9-15-8-7-14-13(15)11-5-3-2-4-6-11/h2-8,12,16H,9-10H2,1H3. The Bertz CT molecular complexity index is 453. The molecule has 2 rings (SSSR count). The van der Waals surface area contributed by atoms with E-state index >= 15 is 0 Å². The van der Waals surface area contributed by atoms with Crippen molar-refractivity contribution in [2.75, 3.05) is 13.7 Å². The van der Waals surface area contributed by atoms with Crippen LogP contribution in [0.25, 0.3) is 11.4 Å². The molecule has 90 valence electrons. The van der Waals surface area contributed by atoms with Crippen molar-refractivity contribution < 1.29 is 9.84 Å². The quantitative estimate of drug-likeness (QED) is 0.851. The molecule has 0 bridgehead atoms. The Morgan fingerprint density at radius 3 is 2.82 bits per heavy atom. The van der Waals surface area contributed by atoms with E-state index in [4.69, 9.17) is 4.74 Å². The predicted molar refractivity (Wildman–Crippen MR) is 65.5 cm³/mol. The van der Waals surface area contributed by atoms with Gasteiger partial charge in [0.15, 0.2) is 0 Å². The maximum Gasteiger partial charge on any atom is 0.139 e. The van der Waals surface area contributed by atoms with Crippen LogP contribution < -0.4 is 0 Å². The van der Waals surface area contributed by atoms with Gasteiger partial charge in [-0.25, -0.2) is 4.98 Å². The third-order valence-electron chi connectivity index (χ3n) is 2.51. The van der Waals surface area contributed by atoms with E-state index in [0.717, 1.165) is 11.4 Å². The Hall–Kier alpha value is -1.65. The summed E-state index contributed by atoms with van der Waals surface area (Å²) in [5.41, 5.74) is 1.04. The van der Waals surface area contributed by atoms with E-state index < -0.39 is 6.10 Å². The summed E-state index contributed by atoms with van der Waals surface area (Å²) in [7, 11) is 1.58. The van der Waals surface area contributed by atoms with Gasteiger partial charge in [-0.2, -0.15) is 0 Å². The average Bonchev–Trinajstić information content (AvgIpc) is 2.78. The molecular weight excluding hydrogens is 216 g/mol. The lowest BCUT2D eigenvalue weighted by Crippen LogP contribution is -2.21. The highest BCUT2D eigenvalue weighted by Gasteiger charge is 2.09. The highest BCUT2D eigenvalue weighted by molar-refractivity contribution is 5.55. The average molecular weight is 232 g/mol. The number of nitrogens with zero attached hydrogens (tertiary/aromatic N) is 2. The molecule has 0 saturated carbocycles. The van der Waals surface area contributed by atoms with Crippen molar-refractivity contribution >= 4 is 0 Å². The van der Waals surface area contributed by atoms with E-state index in [1.54, 1.807) is 13.3 Å². The third kappa shape index (κ3) is 2.93. The number of benzene rings is 1. The Morgan fingerprint density at radius 1 is 1.35 bits per heavy atom. The number of methoxy groups -OCH3 is 1. The summed E-state index contributed by atoms with van der Waals surface area (Å²) < 4.78 is 6.84. The normalized spacial score (nSPS) is 12.6. The Morgan fingerprint density at radius 2 is 2.12 bits per heavy atom. The van der Waals surface area contributed by atoms with Crippen molar-refractivity contribution in [3.63, 3.8) is 0 Å². The van der Waals surface area contributed by atoms with Crippen molar-refractivity contribution in [3.8, 4) is 11.4 Å². The number of aliphatic hydroxyl groups is 1. The van der Waals surface area contributed by atoms with Crippen LogP contribution in [0.2, 0.25) is 0 Å². The first-order chi connectivity index (χ1) is 8.31. The lowest BCUT2D eigenvalue weighted by atomic mass is 10.2.